The molecular weight excluding hydrogens is 271 g/mol. The molecule has 104 valence electrons. The molecule has 1 aliphatic heterocycles. The van der Waals surface area contributed by atoms with Gasteiger partial charge in [-0.05, 0) is 31.9 Å². The van der Waals surface area contributed by atoms with Gasteiger partial charge in [0.1, 0.15) is 5.78 Å². The highest BCUT2D eigenvalue weighted by Gasteiger charge is 2.37. The SMILES string of the molecule is CC(=O)CC1CCCN1S(=O)(=O)c1ncccc1F. The van der Waals surface area contributed by atoms with Gasteiger partial charge in [-0.25, -0.2) is 17.8 Å². The number of Topliss-reactive ketones (excluding diaryl/α,β-unsaturated/α-hetero) is 1. The molecule has 0 saturated carbocycles. The zero-order valence-electron chi connectivity index (χ0n) is 10.5. The number of hydrogen-bond donors (Lipinski definition) is 0. The maximum atomic E-state index is 13.6. The minimum atomic E-state index is -3.97. The maximum absolute atomic E-state index is 13.6. The minimum Gasteiger partial charge on any atom is -0.300 e. The Kier molecular flexibility index (Phi) is 3.96. The van der Waals surface area contributed by atoms with E-state index >= 15 is 0 Å². The van der Waals surface area contributed by atoms with Crippen LogP contribution in [-0.4, -0.2) is 36.1 Å². The molecule has 0 aromatic carbocycles. The number of hydrogen-bond acceptors (Lipinski definition) is 4. The van der Waals surface area contributed by atoms with Crippen molar-refractivity contribution in [2.75, 3.05) is 6.54 Å². The normalized spacial score (nSPS) is 20.6. The molecular formula is C12H15FN2O3S. The van der Waals surface area contributed by atoms with E-state index in [9.17, 15) is 17.6 Å². The van der Waals surface area contributed by atoms with E-state index in [4.69, 9.17) is 0 Å². The molecule has 2 heterocycles. The van der Waals surface area contributed by atoms with Crippen LogP contribution in [0.1, 0.15) is 26.2 Å². The first-order valence-electron chi connectivity index (χ1n) is 6.04. The van der Waals surface area contributed by atoms with E-state index < -0.39 is 20.9 Å². The van der Waals surface area contributed by atoms with E-state index in [1.54, 1.807) is 0 Å². The molecule has 0 radical (unpaired) electrons. The maximum Gasteiger partial charge on any atom is 0.263 e. The summed E-state index contributed by atoms with van der Waals surface area (Å²) in [4.78, 5) is 14.8. The fourth-order valence-electron chi connectivity index (χ4n) is 2.33. The third-order valence-corrected chi connectivity index (χ3v) is 5.01. The molecule has 1 aromatic rings. The number of carbonyl (C=O) groups excluding carboxylic acids is 1. The molecule has 0 bridgehead atoms. The summed E-state index contributed by atoms with van der Waals surface area (Å²) < 4.78 is 39.5. The Hall–Kier alpha value is -1.34. The van der Waals surface area contributed by atoms with Crippen LogP contribution < -0.4 is 0 Å². The third kappa shape index (κ3) is 2.82. The van der Waals surface area contributed by atoms with E-state index in [0.717, 1.165) is 6.07 Å². The number of ketones is 1. The monoisotopic (exact) mass is 286 g/mol. The van der Waals surface area contributed by atoms with E-state index in [1.807, 2.05) is 0 Å². The molecule has 19 heavy (non-hydrogen) atoms. The fraction of sp³-hybridized carbons (Fsp3) is 0.500. The molecule has 0 amide bonds. The molecule has 1 unspecified atom stereocenters. The van der Waals surface area contributed by atoms with Crippen LogP contribution in [0, 0.1) is 5.82 Å². The van der Waals surface area contributed by atoms with E-state index in [1.165, 1.54) is 23.5 Å². The van der Waals surface area contributed by atoms with E-state index in [2.05, 4.69) is 4.98 Å². The van der Waals surface area contributed by atoms with Crippen molar-refractivity contribution in [2.45, 2.75) is 37.3 Å². The predicted octanol–water partition coefficient (Wildman–Crippen LogP) is 1.35. The lowest BCUT2D eigenvalue weighted by Crippen LogP contribution is -2.37. The van der Waals surface area contributed by atoms with Crippen molar-refractivity contribution in [3.63, 3.8) is 0 Å². The quantitative estimate of drug-likeness (QED) is 0.838. The molecule has 0 aliphatic carbocycles. The molecule has 1 saturated heterocycles. The van der Waals surface area contributed by atoms with Gasteiger partial charge in [-0.2, -0.15) is 4.31 Å². The van der Waals surface area contributed by atoms with E-state index in [0.29, 0.717) is 19.4 Å². The lowest BCUT2D eigenvalue weighted by molar-refractivity contribution is -0.117. The summed E-state index contributed by atoms with van der Waals surface area (Å²) in [6.07, 6.45) is 2.69. The van der Waals surface area contributed by atoms with Gasteiger partial charge in [0.15, 0.2) is 5.82 Å². The Morgan fingerprint density at radius 1 is 1.58 bits per heavy atom. The summed E-state index contributed by atoms with van der Waals surface area (Å²) in [5.41, 5.74) is 0. The van der Waals surface area contributed by atoms with Crippen LogP contribution >= 0.6 is 0 Å². The number of nitrogens with zero attached hydrogens (tertiary/aromatic N) is 2. The number of carbonyl (C=O) groups is 1. The summed E-state index contributed by atoms with van der Waals surface area (Å²) in [6.45, 7) is 1.72. The van der Waals surface area contributed by atoms with Gasteiger partial charge >= 0.3 is 0 Å². The molecule has 0 spiro atoms. The Morgan fingerprint density at radius 2 is 2.32 bits per heavy atom. The standard InChI is InChI=1S/C12H15FN2O3S/c1-9(16)8-10-4-3-7-15(10)19(17,18)12-11(13)5-2-6-14-12/h2,5-6,10H,3-4,7-8H2,1H3. The van der Waals surface area contributed by atoms with Gasteiger partial charge in [0.2, 0.25) is 5.03 Å². The number of pyridine rings is 1. The topological polar surface area (TPSA) is 67.3 Å². The number of sulfonamides is 1. The summed E-state index contributed by atoms with van der Waals surface area (Å²) in [5.74, 6) is -0.940. The molecule has 0 N–H and O–H groups in total. The summed E-state index contributed by atoms with van der Waals surface area (Å²) in [5, 5.41) is -0.564. The average Bonchev–Trinajstić information content (AvgIpc) is 2.77. The van der Waals surface area contributed by atoms with Crippen LogP contribution in [0.15, 0.2) is 23.4 Å². The van der Waals surface area contributed by atoms with Crippen LogP contribution in [0.2, 0.25) is 0 Å². The molecule has 5 nitrogen and oxygen atoms in total. The summed E-state index contributed by atoms with van der Waals surface area (Å²) in [7, 11) is -3.97. The average molecular weight is 286 g/mol. The van der Waals surface area contributed by atoms with Crippen molar-refractivity contribution in [3.05, 3.63) is 24.1 Å². The number of aromatic nitrogens is 1. The largest absolute Gasteiger partial charge is 0.300 e. The van der Waals surface area contributed by atoms with Crippen LogP contribution in [0.5, 0.6) is 0 Å². The van der Waals surface area contributed by atoms with Crippen molar-refractivity contribution in [1.29, 1.82) is 0 Å². The Balaban J connectivity index is 2.34. The Morgan fingerprint density at radius 3 is 2.95 bits per heavy atom. The summed E-state index contributed by atoms with van der Waals surface area (Å²) in [6, 6.07) is 2.02. The summed E-state index contributed by atoms with van der Waals surface area (Å²) >= 11 is 0. The molecule has 2 rings (SSSR count). The van der Waals surface area contributed by atoms with Crippen LogP contribution in [-0.2, 0) is 14.8 Å². The highest BCUT2D eigenvalue weighted by atomic mass is 32.2. The van der Waals surface area contributed by atoms with Crippen molar-refractivity contribution >= 4 is 15.8 Å². The van der Waals surface area contributed by atoms with Gasteiger partial charge in [0, 0.05) is 25.2 Å². The zero-order chi connectivity index (χ0) is 14.0. The first-order valence-corrected chi connectivity index (χ1v) is 7.48. The lowest BCUT2D eigenvalue weighted by Gasteiger charge is -2.22. The highest BCUT2D eigenvalue weighted by molar-refractivity contribution is 7.89. The van der Waals surface area contributed by atoms with Gasteiger partial charge in [-0.3, -0.25) is 4.79 Å². The second-order valence-corrected chi connectivity index (χ2v) is 6.41. The molecule has 1 atom stereocenters. The highest BCUT2D eigenvalue weighted by Crippen LogP contribution is 2.28. The number of rotatable bonds is 4. The van der Waals surface area contributed by atoms with Gasteiger partial charge in [0.25, 0.3) is 10.0 Å². The van der Waals surface area contributed by atoms with Gasteiger partial charge in [0.05, 0.1) is 0 Å². The zero-order valence-corrected chi connectivity index (χ0v) is 11.4. The van der Waals surface area contributed by atoms with Crippen molar-refractivity contribution < 1.29 is 17.6 Å². The Bertz CT molecular complexity index is 588. The molecule has 1 fully saturated rings. The van der Waals surface area contributed by atoms with Crippen LogP contribution in [0.25, 0.3) is 0 Å². The van der Waals surface area contributed by atoms with Crippen molar-refractivity contribution in [1.82, 2.24) is 9.29 Å². The van der Waals surface area contributed by atoms with E-state index in [-0.39, 0.29) is 18.2 Å². The molecule has 7 heteroatoms. The second kappa shape index (κ2) is 5.34. The van der Waals surface area contributed by atoms with Crippen molar-refractivity contribution in [3.8, 4) is 0 Å². The van der Waals surface area contributed by atoms with Gasteiger partial charge in [-0.15, -0.1) is 0 Å². The Labute approximate surface area is 111 Å². The predicted molar refractivity (Wildman–Crippen MR) is 66.4 cm³/mol. The first-order chi connectivity index (χ1) is 8.93. The molecule has 1 aromatic heterocycles. The van der Waals surface area contributed by atoms with Crippen LogP contribution in [0.4, 0.5) is 4.39 Å². The van der Waals surface area contributed by atoms with Crippen LogP contribution in [0.3, 0.4) is 0 Å². The smallest absolute Gasteiger partial charge is 0.263 e. The van der Waals surface area contributed by atoms with Gasteiger partial charge in [-0.1, -0.05) is 0 Å². The minimum absolute atomic E-state index is 0.0754. The second-order valence-electron chi connectivity index (χ2n) is 4.61. The lowest BCUT2D eigenvalue weighted by atomic mass is 10.1. The third-order valence-electron chi connectivity index (χ3n) is 3.12. The van der Waals surface area contributed by atoms with Gasteiger partial charge < -0.3 is 0 Å². The first kappa shape index (κ1) is 14.1. The number of halogens is 1. The van der Waals surface area contributed by atoms with Crippen molar-refractivity contribution in [2.24, 2.45) is 0 Å². The fourth-order valence-corrected chi connectivity index (χ4v) is 4.01. The molecule has 1 aliphatic rings.